The fourth-order valence-corrected chi connectivity index (χ4v) is 3.52. The third-order valence-corrected chi connectivity index (χ3v) is 5.21. The van der Waals surface area contributed by atoms with Crippen LogP contribution in [-0.2, 0) is 9.59 Å². The minimum atomic E-state index is -0.244. The SMILES string of the molecule is CCCCCN1CC(C(=O)Nc2ccc(N(CC)CC)cc2C)CC1=O. The number of carbonyl (C=O) groups excluding carboxylic acids is 2. The lowest BCUT2D eigenvalue weighted by Crippen LogP contribution is -2.29. The summed E-state index contributed by atoms with van der Waals surface area (Å²) in [7, 11) is 0. The maximum absolute atomic E-state index is 12.6. The Bertz CT molecular complexity index is 626. The summed E-state index contributed by atoms with van der Waals surface area (Å²) in [4.78, 5) is 28.9. The quantitative estimate of drug-likeness (QED) is 0.682. The van der Waals surface area contributed by atoms with E-state index in [1.165, 1.54) is 5.69 Å². The Morgan fingerprint density at radius 3 is 2.58 bits per heavy atom. The lowest BCUT2D eigenvalue weighted by Gasteiger charge is -2.22. The van der Waals surface area contributed by atoms with Crippen LogP contribution in [0, 0.1) is 12.8 Å². The molecule has 1 saturated heterocycles. The molecule has 0 radical (unpaired) electrons. The Kier molecular flexibility index (Phi) is 7.49. The zero-order chi connectivity index (χ0) is 19.1. The topological polar surface area (TPSA) is 52.7 Å². The third-order valence-electron chi connectivity index (χ3n) is 5.21. The predicted molar refractivity (Wildman–Crippen MR) is 108 cm³/mol. The number of hydrogen-bond acceptors (Lipinski definition) is 3. The molecule has 1 heterocycles. The van der Waals surface area contributed by atoms with Crippen molar-refractivity contribution in [2.45, 2.75) is 53.4 Å². The van der Waals surface area contributed by atoms with Crippen molar-refractivity contribution in [2.75, 3.05) is 36.4 Å². The lowest BCUT2D eigenvalue weighted by molar-refractivity contribution is -0.128. The van der Waals surface area contributed by atoms with E-state index in [4.69, 9.17) is 0 Å². The monoisotopic (exact) mass is 359 g/mol. The molecular formula is C21H33N3O2. The summed E-state index contributed by atoms with van der Waals surface area (Å²) >= 11 is 0. The molecule has 5 heteroatoms. The normalized spacial score (nSPS) is 16.8. The lowest BCUT2D eigenvalue weighted by atomic mass is 10.1. The molecule has 0 bridgehead atoms. The number of rotatable bonds is 9. The van der Waals surface area contributed by atoms with Crippen LogP contribution in [0.4, 0.5) is 11.4 Å². The number of likely N-dealkylation sites (tertiary alicyclic amines) is 1. The molecule has 2 amide bonds. The van der Waals surface area contributed by atoms with E-state index in [1.54, 1.807) is 0 Å². The second-order valence-electron chi connectivity index (χ2n) is 7.11. The average Bonchev–Trinajstić information content (AvgIpc) is 2.99. The Balaban J connectivity index is 1.96. The first-order chi connectivity index (χ1) is 12.5. The van der Waals surface area contributed by atoms with E-state index in [9.17, 15) is 9.59 Å². The minimum Gasteiger partial charge on any atom is -0.372 e. The molecule has 0 aliphatic carbocycles. The van der Waals surface area contributed by atoms with Crippen LogP contribution in [0.1, 0.15) is 52.0 Å². The molecule has 0 aromatic heterocycles. The molecule has 0 spiro atoms. The second-order valence-corrected chi connectivity index (χ2v) is 7.11. The number of unbranched alkanes of at least 4 members (excludes halogenated alkanes) is 2. The van der Waals surface area contributed by atoms with Crippen molar-refractivity contribution >= 4 is 23.2 Å². The average molecular weight is 360 g/mol. The molecule has 26 heavy (non-hydrogen) atoms. The molecule has 1 aliphatic heterocycles. The van der Waals surface area contributed by atoms with Gasteiger partial charge in [0.2, 0.25) is 11.8 Å². The molecule has 1 aromatic rings. The third kappa shape index (κ3) is 4.99. The summed E-state index contributed by atoms with van der Waals surface area (Å²) in [6.07, 6.45) is 3.60. The number of carbonyl (C=O) groups is 2. The first-order valence-corrected chi connectivity index (χ1v) is 9.94. The summed E-state index contributed by atoms with van der Waals surface area (Å²) < 4.78 is 0. The van der Waals surface area contributed by atoms with Gasteiger partial charge >= 0.3 is 0 Å². The van der Waals surface area contributed by atoms with Crippen LogP contribution in [0.3, 0.4) is 0 Å². The van der Waals surface area contributed by atoms with E-state index >= 15 is 0 Å². The van der Waals surface area contributed by atoms with Crippen LogP contribution in [0.15, 0.2) is 18.2 Å². The molecule has 1 aliphatic rings. The van der Waals surface area contributed by atoms with Crippen LogP contribution >= 0.6 is 0 Å². The molecule has 5 nitrogen and oxygen atoms in total. The predicted octanol–water partition coefficient (Wildman–Crippen LogP) is 3.82. The van der Waals surface area contributed by atoms with Gasteiger partial charge < -0.3 is 15.1 Å². The number of benzene rings is 1. The first-order valence-electron chi connectivity index (χ1n) is 9.94. The van der Waals surface area contributed by atoms with Gasteiger partial charge in [0, 0.05) is 44.0 Å². The van der Waals surface area contributed by atoms with Gasteiger partial charge in [0.1, 0.15) is 0 Å². The van der Waals surface area contributed by atoms with Crippen molar-refractivity contribution < 1.29 is 9.59 Å². The largest absolute Gasteiger partial charge is 0.372 e. The number of anilines is 2. The van der Waals surface area contributed by atoms with Crippen molar-refractivity contribution in [3.05, 3.63) is 23.8 Å². The smallest absolute Gasteiger partial charge is 0.229 e. The highest BCUT2D eigenvalue weighted by atomic mass is 16.2. The van der Waals surface area contributed by atoms with E-state index in [0.717, 1.165) is 50.1 Å². The Labute approximate surface area is 157 Å². The highest BCUT2D eigenvalue weighted by Gasteiger charge is 2.34. The van der Waals surface area contributed by atoms with Crippen LogP contribution in [0.25, 0.3) is 0 Å². The Morgan fingerprint density at radius 1 is 1.23 bits per heavy atom. The van der Waals surface area contributed by atoms with Crippen molar-refractivity contribution in [1.29, 1.82) is 0 Å². The van der Waals surface area contributed by atoms with E-state index in [0.29, 0.717) is 13.0 Å². The maximum atomic E-state index is 12.6. The van der Waals surface area contributed by atoms with Gasteiger partial charge in [-0.2, -0.15) is 0 Å². The van der Waals surface area contributed by atoms with E-state index in [1.807, 2.05) is 24.0 Å². The van der Waals surface area contributed by atoms with Crippen LogP contribution in [0.5, 0.6) is 0 Å². The standard InChI is InChI=1S/C21H33N3O2/c1-5-8-9-12-24-15-17(14-20(24)25)21(26)22-19-11-10-18(13-16(19)4)23(6-2)7-3/h10-11,13,17H,5-9,12,14-15H2,1-4H3,(H,22,26). The van der Waals surface area contributed by atoms with Crippen LogP contribution in [0.2, 0.25) is 0 Å². The molecule has 1 N–H and O–H groups in total. The zero-order valence-corrected chi connectivity index (χ0v) is 16.7. The van der Waals surface area contributed by atoms with Crippen molar-refractivity contribution in [3.8, 4) is 0 Å². The maximum Gasteiger partial charge on any atom is 0.229 e. The molecular weight excluding hydrogens is 326 g/mol. The summed E-state index contributed by atoms with van der Waals surface area (Å²) in [5, 5.41) is 3.03. The molecule has 1 unspecified atom stereocenters. The highest BCUT2D eigenvalue weighted by Crippen LogP contribution is 2.25. The number of nitrogens with zero attached hydrogens (tertiary/aromatic N) is 2. The van der Waals surface area contributed by atoms with Gasteiger partial charge in [0.25, 0.3) is 0 Å². The van der Waals surface area contributed by atoms with Gasteiger partial charge in [-0.05, 0) is 51.0 Å². The van der Waals surface area contributed by atoms with Crippen molar-refractivity contribution in [1.82, 2.24) is 4.90 Å². The van der Waals surface area contributed by atoms with Crippen molar-refractivity contribution in [2.24, 2.45) is 5.92 Å². The van der Waals surface area contributed by atoms with Gasteiger partial charge in [0.05, 0.1) is 5.92 Å². The Hall–Kier alpha value is -2.04. The van der Waals surface area contributed by atoms with Gasteiger partial charge in [-0.1, -0.05) is 19.8 Å². The first kappa shape index (κ1) is 20.3. The molecule has 1 atom stereocenters. The van der Waals surface area contributed by atoms with Crippen LogP contribution in [-0.4, -0.2) is 42.9 Å². The summed E-state index contributed by atoms with van der Waals surface area (Å²) in [6.45, 7) is 11.7. The minimum absolute atomic E-state index is 0.0463. The second kappa shape index (κ2) is 9.60. The van der Waals surface area contributed by atoms with Crippen LogP contribution < -0.4 is 10.2 Å². The van der Waals surface area contributed by atoms with Gasteiger partial charge in [-0.3, -0.25) is 9.59 Å². The molecule has 1 aromatic carbocycles. The number of aryl methyl sites for hydroxylation is 1. The van der Waals surface area contributed by atoms with E-state index in [2.05, 4.69) is 37.1 Å². The molecule has 1 fully saturated rings. The molecule has 2 rings (SSSR count). The number of amides is 2. The molecule has 144 valence electrons. The van der Waals surface area contributed by atoms with Crippen molar-refractivity contribution in [3.63, 3.8) is 0 Å². The summed E-state index contributed by atoms with van der Waals surface area (Å²) in [5.74, 6) is -0.184. The fourth-order valence-electron chi connectivity index (χ4n) is 3.52. The Morgan fingerprint density at radius 2 is 1.96 bits per heavy atom. The summed E-state index contributed by atoms with van der Waals surface area (Å²) in [6, 6.07) is 6.13. The van der Waals surface area contributed by atoms with E-state index < -0.39 is 0 Å². The van der Waals surface area contributed by atoms with Gasteiger partial charge in [-0.25, -0.2) is 0 Å². The van der Waals surface area contributed by atoms with Gasteiger partial charge in [0.15, 0.2) is 0 Å². The zero-order valence-electron chi connectivity index (χ0n) is 16.7. The number of hydrogen-bond donors (Lipinski definition) is 1. The van der Waals surface area contributed by atoms with E-state index in [-0.39, 0.29) is 17.7 Å². The summed E-state index contributed by atoms with van der Waals surface area (Å²) in [5.41, 5.74) is 3.05. The number of nitrogens with one attached hydrogen (secondary N) is 1. The fraction of sp³-hybridized carbons (Fsp3) is 0.619. The highest BCUT2D eigenvalue weighted by molar-refractivity contribution is 5.97. The van der Waals surface area contributed by atoms with Gasteiger partial charge in [-0.15, -0.1) is 0 Å². The molecule has 0 saturated carbocycles.